The number of hydrogen-bond donors (Lipinski definition) is 0. The molecular weight excluding hydrogens is 524 g/mol. The number of methoxy groups -OCH3 is 1. The molecule has 39 heavy (non-hydrogen) atoms. The third kappa shape index (κ3) is 7.81. The minimum Gasteiger partial charge on any atom is -0.497 e. The van der Waals surface area contributed by atoms with E-state index in [-0.39, 0.29) is 28.3 Å². The van der Waals surface area contributed by atoms with Crippen molar-refractivity contribution in [2.75, 3.05) is 7.11 Å². The van der Waals surface area contributed by atoms with E-state index in [1.807, 2.05) is 31.2 Å². The van der Waals surface area contributed by atoms with Gasteiger partial charge >= 0.3 is 0 Å². The number of rotatable bonds is 10. The predicted molar refractivity (Wildman–Crippen MR) is 165 cm³/mol. The van der Waals surface area contributed by atoms with Crippen molar-refractivity contribution in [2.24, 2.45) is 5.41 Å². The van der Waals surface area contributed by atoms with Crippen LogP contribution in [0.3, 0.4) is 0 Å². The van der Waals surface area contributed by atoms with Gasteiger partial charge in [-0.15, -0.1) is 11.3 Å². The smallest absolute Gasteiger partial charge is 0.192 e. The first-order valence-corrected chi connectivity index (χ1v) is 17.5. The molecule has 1 heterocycles. The summed E-state index contributed by atoms with van der Waals surface area (Å²) in [5, 5.41) is 0.0690. The second kappa shape index (κ2) is 12.3. The molecule has 6 heteroatoms. The van der Waals surface area contributed by atoms with E-state index >= 15 is 4.39 Å². The zero-order chi connectivity index (χ0) is 29.2. The van der Waals surface area contributed by atoms with E-state index in [4.69, 9.17) is 13.9 Å². The van der Waals surface area contributed by atoms with Crippen molar-refractivity contribution in [3.05, 3.63) is 86.4 Å². The number of halogens is 1. The van der Waals surface area contributed by atoms with E-state index in [9.17, 15) is 0 Å². The third-order valence-electron chi connectivity index (χ3n) is 7.92. The summed E-state index contributed by atoms with van der Waals surface area (Å²) in [5.74, 6) is 0.724. The molecule has 3 nitrogen and oxygen atoms in total. The van der Waals surface area contributed by atoms with Gasteiger partial charge in [-0.1, -0.05) is 71.9 Å². The molecule has 2 unspecified atom stereocenters. The summed E-state index contributed by atoms with van der Waals surface area (Å²) in [6, 6.07) is 16.3. The van der Waals surface area contributed by atoms with Crippen molar-refractivity contribution < 1.29 is 18.3 Å². The highest BCUT2D eigenvalue weighted by Gasteiger charge is 2.40. The van der Waals surface area contributed by atoms with Gasteiger partial charge in [0.25, 0.3) is 0 Å². The number of hydrogen-bond acceptors (Lipinski definition) is 4. The molecular formula is C33H47FO3SSi. The summed E-state index contributed by atoms with van der Waals surface area (Å²) < 4.78 is 33.4. The molecule has 0 fully saturated rings. The number of benzene rings is 2. The fourth-order valence-corrected chi connectivity index (χ4v) is 7.45. The topological polar surface area (TPSA) is 27.7 Å². The molecule has 0 aliphatic carbocycles. The number of ether oxygens (including phenoxy) is 2. The average Bonchev–Trinajstić information content (AvgIpc) is 3.20. The Labute approximate surface area is 240 Å². The standard InChI is InChI=1S/C33H47FO3SSi/c1-22-12-15-25(18-26(22)21-36-20-24-13-16-27(35-9)17-14-24)30(32(3,4)5)29-19-28(34)31(38-29)23(2)37-39(10,11)33(6,7)8/h12-19,23,30H,20-21H2,1-11H3. The van der Waals surface area contributed by atoms with Gasteiger partial charge in [0.05, 0.1) is 31.3 Å². The lowest BCUT2D eigenvalue weighted by Gasteiger charge is -2.38. The first-order valence-electron chi connectivity index (χ1n) is 13.8. The van der Waals surface area contributed by atoms with Crippen molar-refractivity contribution in [3.8, 4) is 5.75 Å². The molecule has 1 aromatic heterocycles. The molecule has 0 radical (unpaired) electrons. The Morgan fingerprint density at radius 1 is 0.923 bits per heavy atom. The average molecular weight is 571 g/mol. The van der Waals surface area contributed by atoms with Crippen molar-refractivity contribution in [1.29, 1.82) is 0 Å². The molecule has 2 atom stereocenters. The minimum absolute atomic E-state index is 0.0479. The van der Waals surface area contributed by atoms with Gasteiger partial charge in [-0.05, 0) is 77.8 Å². The normalized spacial score (nSPS) is 14.4. The Bertz CT molecular complexity index is 1240. The van der Waals surface area contributed by atoms with Crippen LogP contribution >= 0.6 is 11.3 Å². The zero-order valence-corrected chi connectivity index (χ0v) is 27.5. The van der Waals surface area contributed by atoms with Gasteiger partial charge in [-0.3, -0.25) is 0 Å². The quantitative estimate of drug-likeness (QED) is 0.227. The molecule has 0 N–H and O–H groups in total. The maximum atomic E-state index is 15.4. The summed E-state index contributed by atoms with van der Waals surface area (Å²) in [5.41, 5.74) is 4.53. The fraction of sp³-hybridized carbons (Fsp3) is 0.515. The van der Waals surface area contributed by atoms with Gasteiger partial charge in [-0.25, -0.2) is 4.39 Å². The summed E-state index contributed by atoms with van der Waals surface area (Å²) >= 11 is 1.56. The molecule has 0 aliphatic heterocycles. The van der Waals surface area contributed by atoms with Gasteiger partial charge in [0.1, 0.15) is 11.6 Å². The van der Waals surface area contributed by atoms with E-state index in [1.165, 1.54) is 11.1 Å². The van der Waals surface area contributed by atoms with Crippen LogP contribution in [-0.4, -0.2) is 15.4 Å². The molecule has 0 bridgehead atoms. The maximum Gasteiger partial charge on any atom is 0.192 e. The second-order valence-electron chi connectivity index (χ2n) is 13.2. The van der Waals surface area contributed by atoms with Crippen LogP contribution in [0.1, 0.15) is 92.5 Å². The van der Waals surface area contributed by atoms with Gasteiger partial charge < -0.3 is 13.9 Å². The molecule has 3 aromatic rings. The molecule has 0 saturated heterocycles. The Hall–Kier alpha value is -1.99. The molecule has 2 aromatic carbocycles. The monoisotopic (exact) mass is 570 g/mol. The third-order valence-corrected chi connectivity index (χ3v) is 13.8. The van der Waals surface area contributed by atoms with E-state index in [2.05, 4.69) is 79.8 Å². The number of aryl methyl sites for hydroxylation is 1. The van der Waals surface area contributed by atoms with Crippen LogP contribution in [0.5, 0.6) is 5.75 Å². The van der Waals surface area contributed by atoms with Crippen LogP contribution in [0.2, 0.25) is 18.1 Å². The van der Waals surface area contributed by atoms with Gasteiger partial charge in [0.2, 0.25) is 0 Å². The number of thiophene rings is 1. The van der Waals surface area contributed by atoms with Crippen LogP contribution in [0.15, 0.2) is 48.5 Å². The summed E-state index contributed by atoms with van der Waals surface area (Å²) in [6.07, 6.45) is -0.273. The first-order chi connectivity index (χ1) is 18.0. The van der Waals surface area contributed by atoms with Crippen LogP contribution in [0, 0.1) is 18.2 Å². The Balaban J connectivity index is 1.85. The predicted octanol–water partition coefficient (Wildman–Crippen LogP) is 10.2. The van der Waals surface area contributed by atoms with E-state index < -0.39 is 8.32 Å². The summed E-state index contributed by atoms with van der Waals surface area (Å²) in [7, 11) is -0.361. The minimum atomic E-state index is -2.03. The molecule has 214 valence electrons. The largest absolute Gasteiger partial charge is 0.497 e. The van der Waals surface area contributed by atoms with E-state index in [0.717, 1.165) is 21.8 Å². The summed E-state index contributed by atoms with van der Waals surface area (Å²) in [4.78, 5) is 1.73. The molecule has 0 aliphatic rings. The van der Waals surface area contributed by atoms with E-state index in [0.29, 0.717) is 18.1 Å². The lowest BCUT2D eigenvalue weighted by atomic mass is 9.75. The van der Waals surface area contributed by atoms with E-state index in [1.54, 1.807) is 24.5 Å². The molecule has 0 saturated carbocycles. The van der Waals surface area contributed by atoms with Crippen LogP contribution in [0.25, 0.3) is 0 Å². The van der Waals surface area contributed by atoms with Crippen molar-refractivity contribution in [3.63, 3.8) is 0 Å². The van der Waals surface area contributed by atoms with Crippen LogP contribution in [0.4, 0.5) is 4.39 Å². The Morgan fingerprint density at radius 2 is 1.56 bits per heavy atom. The summed E-state index contributed by atoms with van der Waals surface area (Å²) in [6.45, 7) is 22.9. The first kappa shape index (κ1) is 31.5. The molecule has 3 rings (SSSR count). The van der Waals surface area contributed by atoms with Crippen LogP contribution < -0.4 is 4.74 Å². The zero-order valence-electron chi connectivity index (χ0n) is 25.7. The molecule has 0 amide bonds. The van der Waals surface area contributed by atoms with Crippen molar-refractivity contribution in [1.82, 2.24) is 0 Å². The van der Waals surface area contributed by atoms with Crippen molar-refractivity contribution >= 4 is 19.7 Å². The fourth-order valence-electron chi connectivity index (χ4n) is 4.61. The van der Waals surface area contributed by atoms with Gasteiger partial charge in [0.15, 0.2) is 8.32 Å². The SMILES string of the molecule is COc1ccc(COCc2cc(C(c3cc(F)c(C(C)O[Si](C)(C)C(C)(C)C)s3)C(C)(C)C)ccc2C)cc1. The molecule has 0 spiro atoms. The highest BCUT2D eigenvalue weighted by Crippen LogP contribution is 2.47. The highest BCUT2D eigenvalue weighted by molar-refractivity contribution is 7.12. The Kier molecular flexibility index (Phi) is 9.91. The van der Waals surface area contributed by atoms with Crippen LogP contribution in [-0.2, 0) is 22.4 Å². The maximum absolute atomic E-state index is 15.4. The highest BCUT2D eigenvalue weighted by atomic mass is 32.1. The van der Waals surface area contributed by atoms with Gasteiger partial charge in [0, 0.05) is 10.8 Å². The lowest BCUT2D eigenvalue weighted by molar-refractivity contribution is 0.106. The Morgan fingerprint density at radius 3 is 2.13 bits per heavy atom. The van der Waals surface area contributed by atoms with Gasteiger partial charge in [-0.2, -0.15) is 0 Å². The lowest BCUT2D eigenvalue weighted by Crippen LogP contribution is -2.41. The second-order valence-corrected chi connectivity index (χ2v) is 19.1. The van der Waals surface area contributed by atoms with Crippen molar-refractivity contribution in [2.45, 2.75) is 98.8 Å².